The number of hydrogen-bond donors (Lipinski definition) is 2. The minimum atomic E-state index is -1.08. The van der Waals surface area contributed by atoms with Gasteiger partial charge in [-0.3, -0.25) is 4.79 Å². The normalized spacial score (nSPS) is 40.0. The van der Waals surface area contributed by atoms with Crippen molar-refractivity contribution in [2.24, 2.45) is 23.2 Å². The third kappa shape index (κ3) is 2.48. The second-order valence-electron chi connectivity index (χ2n) is 7.18. The Morgan fingerprint density at radius 1 is 1.10 bits per heavy atom. The third-order valence-corrected chi connectivity index (χ3v) is 5.74. The van der Waals surface area contributed by atoms with Crippen LogP contribution in [0.4, 0.5) is 0 Å². The van der Waals surface area contributed by atoms with Gasteiger partial charge < -0.3 is 10.4 Å². The molecule has 4 aliphatic carbocycles. The monoisotopic (exact) mass is 277 g/mol. The molecule has 0 radical (unpaired) electrons. The number of carbonyl (C=O) groups excluding carboxylic acids is 1. The van der Waals surface area contributed by atoms with Crippen LogP contribution in [0.2, 0.25) is 0 Å². The molecule has 2 N–H and O–H groups in total. The van der Waals surface area contributed by atoms with Gasteiger partial charge in [-0.1, -0.05) is 0 Å². The largest absolute Gasteiger partial charge is 0.478 e. The van der Waals surface area contributed by atoms with Gasteiger partial charge in [0.05, 0.1) is 0 Å². The molecule has 110 valence electrons. The quantitative estimate of drug-likeness (QED) is 0.775. The van der Waals surface area contributed by atoms with Crippen LogP contribution in [0.1, 0.15) is 45.4 Å². The van der Waals surface area contributed by atoms with Crippen LogP contribution >= 0.6 is 0 Å². The van der Waals surface area contributed by atoms with Gasteiger partial charge in [-0.05, 0) is 68.6 Å². The Kier molecular flexibility index (Phi) is 3.35. The lowest BCUT2D eigenvalue weighted by Crippen LogP contribution is -2.55. The average Bonchev–Trinajstić information content (AvgIpc) is 2.34. The zero-order valence-corrected chi connectivity index (χ0v) is 12.0. The van der Waals surface area contributed by atoms with Gasteiger partial charge in [0.15, 0.2) is 0 Å². The first-order valence-corrected chi connectivity index (χ1v) is 7.68. The molecule has 0 heterocycles. The second-order valence-corrected chi connectivity index (χ2v) is 7.18. The van der Waals surface area contributed by atoms with Crippen LogP contribution in [0.25, 0.3) is 0 Å². The summed E-state index contributed by atoms with van der Waals surface area (Å²) in [6.45, 7) is 2.10. The van der Waals surface area contributed by atoms with Gasteiger partial charge in [-0.2, -0.15) is 0 Å². The molecule has 20 heavy (non-hydrogen) atoms. The molecule has 0 saturated heterocycles. The Hall–Kier alpha value is -1.32. The predicted molar refractivity (Wildman–Crippen MR) is 75.0 cm³/mol. The number of carbonyl (C=O) groups is 2. The van der Waals surface area contributed by atoms with E-state index in [2.05, 4.69) is 12.2 Å². The molecule has 0 unspecified atom stereocenters. The fourth-order valence-corrected chi connectivity index (χ4v) is 5.27. The van der Waals surface area contributed by atoms with Crippen molar-refractivity contribution in [3.63, 3.8) is 0 Å². The first-order chi connectivity index (χ1) is 9.47. The van der Waals surface area contributed by atoms with Crippen LogP contribution in [0, 0.1) is 23.2 Å². The van der Waals surface area contributed by atoms with Crippen LogP contribution in [0.5, 0.6) is 0 Å². The molecule has 4 rings (SSSR count). The molecule has 4 heteroatoms. The maximum atomic E-state index is 11.8. The van der Waals surface area contributed by atoms with Crippen molar-refractivity contribution in [2.75, 3.05) is 0 Å². The Labute approximate surface area is 119 Å². The Balaban J connectivity index is 1.66. The van der Waals surface area contributed by atoms with Crippen molar-refractivity contribution in [3.05, 3.63) is 12.2 Å². The van der Waals surface area contributed by atoms with Gasteiger partial charge in [-0.25, -0.2) is 4.79 Å². The number of carboxylic acids is 1. The van der Waals surface area contributed by atoms with Crippen LogP contribution in [-0.2, 0) is 9.59 Å². The molecule has 1 amide bonds. The fourth-order valence-electron chi connectivity index (χ4n) is 5.27. The molecule has 0 aliphatic heterocycles. The van der Waals surface area contributed by atoms with Crippen LogP contribution < -0.4 is 5.32 Å². The molecule has 1 atom stereocenters. The van der Waals surface area contributed by atoms with E-state index in [1.54, 1.807) is 0 Å². The number of amides is 1. The van der Waals surface area contributed by atoms with Crippen molar-refractivity contribution in [2.45, 2.75) is 51.5 Å². The summed E-state index contributed by atoms with van der Waals surface area (Å²) < 4.78 is 0. The van der Waals surface area contributed by atoms with Crippen LogP contribution in [0.15, 0.2) is 12.2 Å². The molecule has 4 nitrogen and oxygen atoms in total. The van der Waals surface area contributed by atoms with E-state index in [0.29, 0.717) is 0 Å². The lowest BCUT2D eigenvalue weighted by atomic mass is 9.48. The van der Waals surface area contributed by atoms with Gasteiger partial charge in [0, 0.05) is 18.2 Å². The minimum absolute atomic E-state index is 0.141. The van der Waals surface area contributed by atoms with E-state index in [1.807, 2.05) is 0 Å². The van der Waals surface area contributed by atoms with Gasteiger partial charge in [0.25, 0.3) is 0 Å². The molecule has 0 aromatic heterocycles. The second kappa shape index (κ2) is 4.90. The van der Waals surface area contributed by atoms with E-state index >= 15 is 0 Å². The molecular formula is C16H23NO3. The summed E-state index contributed by atoms with van der Waals surface area (Å²) in [4.78, 5) is 22.2. The summed E-state index contributed by atoms with van der Waals surface area (Å²) in [6, 6.07) is 0.141. The molecule has 4 aliphatic rings. The topological polar surface area (TPSA) is 66.4 Å². The average molecular weight is 277 g/mol. The first-order valence-electron chi connectivity index (χ1n) is 7.68. The summed E-state index contributed by atoms with van der Waals surface area (Å²) in [7, 11) is 0. The maximum absolute atomic E-state index is 11.8. The number of aliphatic carboxylic acids is 1. The predicted octanol–water partition coefficient (Wildman–Crippen LogP) is 2.35. The van der Waals surface area contributed by atoms with Crippen molar-refractivity contribution in [1.82, 2.24) is 5.32 Å². The minimum Gasteiger partial charge on any atom is -0.478 e. The SMILES string of the molecule is C[C@H](NC(=O)/C=C/C(=O)O)C12CC3CC(CC(C3)C1)C2. The van der Waals surface area contributed by atoms with Gasteiger partial charge in [0.1, 0.15) is 0 Å². The molecular weight excluding hydrogens is 254 g/mol. The Morgan fingerprint density at radius 2 is 1.60 bits per heavy atom. The zero-order valence-electron chi connectivity index (χ0n) is 12.0. The fraction of sp³-hybridized carbons (Fsp3) is 0.750. The summed E-state index contributed by atoms with van der Waals surface area (Å²) in [5, 5.41) is 11.6. The molecule has 4 bridgehead atoms. The van der Waals surface area contributed by atoms with Gasteiger partial charge in [-0.15, -0.1) is 0 Å². The lowest BCUT2D eigenvalue weighted by molar-refractivity contribution is -0.131. The number of hydrogen-bond acceptors (Lipinski definition) is 2. The van der Waals surface area contributed by atoms with E-state index in [4.69, 9.17) is 5.11 Å². The van der Waals surface area contributed by atoms with Gasteiger partial charge >= 0.3 is 5.97 Å². The number of nitrogens with one attached hydrogen (secondary N) is 1. The van der Waals surface area contributed by atoms with E-state index in [1.165, 1.54) is 38.5 Å². The molecule has 4 saturated carbocycles. The van der Waals surface area contributed by atoms with Crippen molar-refractivity contribution in [3.8, 4) is 0 Å². The van der Waals surface area contributed by atoms with E-state index < -0.39 is 5.97 Å². The summed E-state index contributed by atoms with van der Waals surface area (Å²) >= 11 is 0. The summed E-state index contributed by atoms with van der Waals surface area (Å²) in [6.07, 6.45) is 9.91. The maximum Gasteiger partial charge on any atom is 0.328 e. The Morgan fingerprint density at radius 3 is 2.05 bits per heavy atom. The molecule has 0 aromatic rings. The van der Waals surface area contributed by atoms with Crippen molar-refractivity contribution >= 4 is 11.9 Å². The lowest BCUT2D eigenvalue weighted by Gasteiger charge is -2.59. The van der Waals surface area contributed by atoms with E-state index in [0.717, 1.165) is 29.9 Å². The highest BCUT2D eigenvalue weighted by atomic mass is 16.4. The highest BCUT2D eigenvalue weighted by molar-refractivity contribution is 5.94. The van der Waals surface area contributed by atoms with Crippen molar-refractivity contribution < 1.29 is 14.7 Å². The summed E-state index contributed by atoms with van der Waals surface area (Å²) in [5.41, 5.74) is 0.265. The smallest absolute Gasteiger partial charge is 0.328 e. The standard InChI is InChI=1S/C16H23NO3/c1-10(17-14(18)2-3-15(19)20)16-7-11-4-12(8-16)6-13(5-11)9-16/h2-3,10-13H,4-9H2,1H3,(H,17,18)(H,19,20)/b3-2+/t10-,11?,12?,13?,16?/m0/s1. The highest BCUT2D eigenvalue weighted by Crippen LogP contribution is 2.61. The zero-order chi connectivity index (χ0) is 14.3. The highest BCUT2D eigenvalue weighted by Gasteiger charge is 2.53. The third-order valence-electron chi connectivity index (χ3n) is 5.74. The molecule has 0 aromatic carbocycles. The van der Waals surface area contributed by atoms with Crippen LogP contribution in [-0.4, -0.2) is 23.0 Å². The Bertz CT molecular complexity index is 419. The van der Waals surface area contributed by atoms with E-state index in [9.17, 15) is 9.59 Å². The number of rotatable bonds is 4. The number of carboxylic acid groups (broad SMARTS) is 1. The van der Waals surface area contributed by atoms with Crippen molar-refractivity contribution in [1.29, 1.82) is 0 Å². The molecule has 0 spiro atoms. The van der Waals surface area contributed by atoms with Crippen LogP contribution in [0.3, 0.4) is 0 Å². The van der Waals surface area contributed by atoms with Gasteiger partial charge in [0.2, 0.25) is 5.91 Å². The summed E-state index contributed by atoms with van der Waals surface area (Å²) in [5.74, 6) is 1.21. The first kappa shape index (κ1) is 13.7. The van der Waals surface area contributed by atoms with E-state index in [-0.39, 0.29) is 17.4 Å². The molecule has 4 fully saturated rings.